The fraction of sp³-hybridized carbons (Fsp3) is 0.0353. The van der Waals surface area contributed by atoms with E-state index in [4.69, 9.17) is 0 Å². The number of aliphatic carboxylic acids is 1. The molecule has 12 nitrogen and oxygen atoms in total. The van der Waals surface area contributed by atoms with Crippen LogP contribution in [0.25, 0.3) is 54.6 Å². The molecular weight excluding hydrogens is 1210 g/mol. The van der Waals surface area contributed by atoms with Crippen LogP contribution in [0, 0.1) is 18.8 Å². The SMILES string of the molecule is Cc1ccc(C(=O)c2cccc3cccc(C(=O)O)c23)cc1.O=C(O)C1=CC2C=CC=CC2C=C1C(=O)c1ccc(-c2ccccc2)cc1.O=C(O)c1cc2ccccc2cc1C(=O)c1ccccc1.O=C(O)c1cccc2cccc(C(=O)c3ccc(-c4ccccc4)cc3)c12. The van der Waals surface area contributed by atoms with Gasteiger partial charge in [0, 0.05) is 67.1 Å². The molecule has 0 heterocycles. The summed E-state index contributed by atoms with van der Waals surface area (Å²) in [5.41, 5.74) is 8.99. The van der Waals surface area contributed by atoms with Crippen molar-refractivity contribution in [2.45, 2.75) is 6.92 Å². The van der Waals surface area contributed by atoms with Gasteiger partial charge in [0.25, 0.3) is 0 Å². The highest BCUT2D eigenvalue weighted by atomic mass is 16.4. The lowest BCUT2D eigenvalue weighted by Crippen LogP contribution is -2.22. The molecule has 97 heavy (non-hydrogen) atoms. The molecular formula is C85H60O12. The van der Waals surface area contributed by atoms with Gasteiger partial charge in [0.2, 0.25) is 0 Å². The second-order valence-electron chi connectivity index (χ2n) is 22.9. The van der Waals surface area contributed by atoms with Gasteiger partial charge in [-0.05, 0) is 75.0 Å². The highest BCUT2D eigenvalue weighted by molar-refractivity contribution is 6.22. The zero-order chi connectivity index (χ0) is 68.1. The Balaban J connectivity index is 0.000000132. The molecule has 12 aromatic carbocycles. The summed E-state index contributed by atoms with van der Waals surface area (Å²) in [5.74, 6) is -5.14. The highest BCUT2D eigenvalue weighted by Gasteiger charge is 2.30. The molecule has 2 unspecified atom stereocenters. The van der Waals surface area contributed by atoms with Crippen LogP contribution in [-0.2, 0) is 4.79 Å². The molecule has 0 amide bonds. The van der Waals surface area contributed by atoms with Crippen molar-refractivity contribution in [1.82, 2.24) is 0 Å². The van der Waals surface area contributed by atoms with Crippen LogP contribution in [0.1, 0.15) is 94.8 Å². The Morgan fingerprint density at radius 2 is 0.588 bits per heavy atom. The number of aryl methyl sites for hydroxylation is 1. The lowest BCUT2D eigenvalue weighted by molar-refractivity contribution is -0.132. The summed E-state index contributed by atoms with van der Waals surface area (Å²) in [5, 5.41) is 42.0. The Hall–Kier alpha value is -13.1. The Bertz CT molecular complexity index is 5150. The standard InChI is InChI=1S/C24H16O3.C24H18O3.C19H14O3.C18H12O3/c25-23(19-14-12-17(13-15-19)16-6-2-1-3-7-16)20-10-4-8-18-9-5-11-21(22(18)20)24(26)27;25-23(18-12-10-17(11-13-18)16-6-2-1-3-7-16)21-14-19-8-4-5-9-20(19)15-22(21)24(26)27;1-12-8-10-14(11-9-12)18(20)15-6-2-4-13-5-3-7-16(17(13)15)19(21)22;19-17(12-6-2-1-3-7-12)15-10-13-8-4-5-9-14(13)11-16(15)18(20)21/h1-15H,(H,26,27);1-15,19-20H,(H,26,27);2-11H,1H3,(H,21,22);1-11H,(H,20,21). The van der Waals surface area contributed by atoms with Crippen molar-refractivity contribution in [3.8, 4) is 22.3 Å². The van der Waals surface area contributed by atoms with Crippen LogP contribution < -0.4 is 0 Å². The van der Waals surface area contributed by atoms with Crippen molar-refractivity contribution < 1.29 is 58.8 Å². The van der Waals surface area contributed by atoms with Gasteiger partial charge in [-0.15, -0.1) is 0 Å². The van der Waals surface area contributed by atoms with E-state index in [0.717, 1.165) is 49.4 Å². The number of hydrogen-bond donors (Lipinski definition) is 4. The number of carboxylic acid groups (broad SMARTS) is 4. The number of carbonyl (C=O) groups is 8. The molecule has 2 atom stereocenters. The molecule has 2 aliphatic carbocycles. The van der Waals surface area contributed by atoms with Gasteiger partial charge in [-0.1, -0.05) is 291 Å². The zero-order valence-electron chi connectivity index (χ0n) is 52.2. The van der Waals surface area contributed by atoms with E-state index in [1.807, 2.05) is 183 Å². The van der Waals surface area contributed by atoms with Gasteiger partial charge in [-0.2, -0.15) is 0 Å². The van der Waals surface area contributed by atoms with E-state index in [-0.39, 0.29) is 68.4 Å². The van der Waals surface area contributed by atoms with Crippen molar-refractivity contribution in [2.24, 2.45) is 11.8 Å². The quantitative estimate of drug-likeness (QED) is 0.0748. The maximum atomic E-state index is 13.1. The Kier molecular flexibility index (Phi) is 20.0. The average Bonchev–Trinajstić information content (AvgIpc) is 0.802. The first-order valence-electron chi connectivity index (χ1n) is 30.9. The minimum absolute atomic E-state index is 0.0145. The second kappa shape index (κ2) is 29.7. The van der Waals surface area contributed by atoms with E-state index in [1.165, 1.54) is 12.1 Å². The first-order valence-corrected chi connectivity index (χ1v) is 30.9. The molecule has 0 spiro atoms. The number of carbonyl (C=O) groups excluding carboxylic acids is 4. The molecule has 12 aromatic rings. The number of rotatable bonds is 14. The summed E-state index contributed by atoms with van der Waals surface area (Å²) in [4.78, 5) is 97.7. The lowest BCUT2D eigenvalue weighted by atomic mass is 9.78. The molecule has 0 bridgehead atoms. The van der Waals surface area contributed by atoms with E-state index in [9.17, 15) is 58.8 Å². The summed E-state index contributed by atoms with van der Waals surface area (Å²) in [6, 6.07) is 81.7. The van der Waals surface area contributed by atoms with Gasteiger partial charge < -0.3 is 20.4 Å². The van der Waals surface area contributed by atoms with Crippen LogP contribution in [0.5, 0.6) is 0 Å². The number of allylic oxidation sites excluding steroid dienone is 6. The predicted octanol–water partition coefficient (Wildman–Crippen LogP) is 18.1. The van der Waals surface area contributed by atoms with Crippen LogP contribution >= 0.6 is 0 Å². The fourth-order valence-corrected chi connectivity index (χ4v) is 11.8. The van der Waals surface area contributed by atoms with Gasteiger partial charge in [-0.25, -0.2) is 19.2 Å². The Morgan fingerprint density at radius 1 is 0.268 bits per heavy atom. The predicted molar refractivity (Wildman–Crippen MR) is 378 cm³/mol. The van der Waals surface area contributed by atoms with E-state index in [0.29, 0.717) is 44.2 Å². The van der Waals surface area contributed by atoms with Crippen molar-refractivity contribution in [3.05, 3.63) is 382 Å². The molecule has 4 N–H and O–H groups in total. The highest BCUT2D eigenvalue weighted by Crippen LogP contribution is 2.35. The van der Waals surface area contributed by atoms with Crippen LogP contribution in [0.15, 0.2) is 321 Å². The molecule has 0 saturated carbocycles. The van der Waals surface area contributed by atoms with Gasteiger partial charge in [-0.3, -0.25) is 19.2 Å². The van der Waals surface area contributed by atoms with E-state index in [1.54, 1.807) is 121 Å². The summed E-state index contributed by atoms with van der Waals surface area (Å²) in [7, 11) is 0. The minimum atomic E-state index is -1.10. The summed E-state index contributed by atoms with van der Waals surface area (Å²) < 4.78 is 0. The molecule has 0 radical (unpaired) electrons. The Morgan fingerprint density at radius 3 is 1.00 bits per heavy atom. The monoisotopic (exact) mass is 1270 g/mol. The molecule has 0 fully saturated rings. The average molecular weight is 1270 g/mol. The molecule has 0 saturated heterocycles. The smallest absolute Gasteiger partial charge is 0.336 e. The van der Waals surface area contributed by atoms with E-state index >= 15 is 0 Å². The molecule has 472 valence electrons. The van der Waals surface area contributed by atoms with Crippen molar-refractivity contribution in [2.75, 3.05) is 0 Å². The zero-order valence-corrected chi connectivity index (χ0v) is 52.2. The maximum Gasteiger partial charge on any atom is 0.336 e. The number of hydrogen-bond acceptors (Lipinski definition) is 8. The molecule has 14 rings (SSSR count). The normalized spacial score (nSPS) is 13.3. The van der Waals surface area contributed by atoms with Crippen LogP contribution in [0.2, 0.25) is 0 Å². The number of Topliss-reactive ketones (excluding diaryl/α,β-unsaturated/α-hetero) is 1. The fourth-order valence-electron chi connectivity index (χ4n) is 11.8. The third-order valence-corrected chi connectivity index (χ3v) is 16.7. The maximum absolute atomic E-state index is 13.1. The number of aromatic carboxylic acids is 3. The molecule has 2 aliphatic rings. The van der Waals surface area contributed by atoms with Gasteiger partial charge >= 0.3 is 23.9 Å². The largest absolute Gasteiger partial charge is 0.478 e. The molecule has 12 heteroatoms. The van der Waals surface area contributed by atoms with Crippen molar-refractivity contribution >= 4 is 79.3 Å². The summed E-state index contributed by atoms with van der Waals surface area (Å²) >= 11 is 0. The first kappa shape index (κ1) is 65.4. The Labute approximate surface area is 558 Å². The number of carboxylic acids is 4. The van der Waals surface area contributed by atoms with Gasteiger partial charge in [0.1, 0.15) is 0 Å². The number of fused-ring (bicyclic) bond motifs is 4. The lowest BCUT2D eigenvalue weighted by Gasteiger charge is -2.25. The third kappa shape index (κ3) is 14.9. The summed E-state index contributed by atoms with van der Waals surface area (Å²) in [6.45, 7) is 1.95. The van der Waals surface area contributed by atoms with Gasteiger partial charge in [0.15, 0.2) is 23.1 Å². The minimum Gasteiger partial charge on any atom is -0.478 e. The summed E-state index contributed by atoms with van der Waals surface area (Å²) in [6.07, 6.45) is 11.2. The molecule has 0 aliphatic heterocycles. The van der Waals surface area contributed by atoms with Crippen LogP contribution in [0.3, 0.4) is 0 Å². The van der Waals surface area contributed by atoms with E-state index < -0.39 is 23.9 Å². The van der Waals surface area contributed by atoms with Gasteiger partial charge in [0.05, 0.1) is 22.3 Å². The van der Waals surface area contributed by atoms with Crippen molar-refractivity contribution in [3.63, 3.8) is 0 Å². The topological polar surface area (TPSA) is 217 Å². The number of ketones is 4. The number of benzene rings is 12. The van der Waals surface area contributed by atoms with Crippen molar-refractivity contribution in [1.29, 1.82) is 0 Å². The van der Waals surface area contributed by atoms with Crippen LogP contribution in [-0.4, -0.2) is 67.4 Å². The van der Waals surface area contributed by atoms with E-state index in [2.05, 4.69) is 0 Å². The third-order valence-electron chi connectivity index (χ3n) is 16.7. The first-order chi connectivity index (χ1) is 47.0. The second-order valence-corrected chi connectivity index (χ2v) is 22.9. The van der Waals surface area contributed by atoms with Crippen LogP contribution in [0.4, 0.5) is 0 Å². The molecule has 0 aromatic heterocycles.